The van der Waals surface area contributed by atoms with Crippen LogP contribution in [0.15, 0.2) is 24.3 Å². The Kier molecular flexibility index (Phi) is 5.48. The standard InChI is InChI=1S/C15H23NO3/c1-18-14-4-6-15(7-5-14)19-9-8-16-11-12-2-3-13(17)10-12/h4-7,12-13,16-17H,2-3,8-11H2,1H3. The van der Waals surface area contributed by atoms with Crippen LogP contribution in [-0.2, 0) is 0 Å². The number of aliphatic hydroxyl groups excluding tert-OH is 1. The quantitative estimate of drug-likeness (QED) is 0.738. The minimum atomic E-state index is -0.0812. The minimum Gasteiger partial charge on any atom is -0.497 e. The Balaban J connectivity index is 1.56. The number of rotatable bonds is 7. The summed E-state index contributed by atoms with van der Waals surface area (Å²) in [6.07, 6.45) is 2.94. The molecule has 1 aromatic carbocycles. The van der Waals surface area contributed by atoms with E-state index in [0.29, 0.717) is 12.5 Å². The number of hydrogen-bond acceptors (Lipinski definition) is 4. The number of methoxy groups -OCH3 is 1. The summed E-state index contributed by atoms with van der Waals surface area (Å²) in [6.45, 7) is 2.46. The van der Waals surface area contributed by atoms with Gasteiger partial charge in [-0.1, -0.05) is 0 Å². The number of aliphatic hydroxyl groups is 1. The van der Waals surface area contributed by atoms with Crippen LogP contribution in [0.25, 0.3) is 0 Å². The van der Waals surface area contributed by atoms with Crippen LogP contribution >= 0.6 is 0 Å². The van der Waals surface area contributed by atoms with Crippen LogP contribution in [0.3, 0.4) is 0 Å². The predicted molar refractivity (Wildman–Crippen MR) is 74.7 cm³/mol. The van der Waals surface area contributed by atoms with Crippen molar-refractivity contribution in [2.45, 2.75) is 25.4 Å². The second-order valence-corrected chi connectivity index (χ2v) is 5.06. The maximum atomic E-state index is 9.43. The summed E-state index contributed by atoms with van der Waals surface area (Å²) in [4.78, 5) is 0. The van der Waals surface area contributed by atoms with Crippen molar-refractivity contribution in [3.8, 4) is 11.5 Å². The van der Waals surface area contributed by atoms with Crippen LogP contribution in [0.2, 0.25) is 0 Å². The van der Waals surface area contributed by atoms with Gasteiger partial charge in [-0.25, -0.2) is 0 Å². The van der Waals surface area contributed by atoms with Crippen molar-refractivity contribution in [1.82, 2.24) is 5.32 Å². The Bertz CT molecular complexity index is 366. The largest absolute Gasteiger partial charge is 0.497 e. The van der Waals surface area contributed by atoms with Crippen LogP contribution in [0, 0.1) is 5.92 Å². The van der Waals surface area contributed by atoms with Crippen molar-refractivity contribution in [1.29, 1.82) is 0 Å². The first kappa shape index (κ1) is 14.2. The minimum absolute atomic E-state index is 0.0812. The third-order valence-corrected chi connectivity index (χ3v) is 3.55. The van der Waals surface area contributed by atoms with Gasteiger partial charge in [0.2, 0.25) is 0 Å². The molecule has 2 N–H and O–H groups in total. The molecule has 4 heteroatoms. The lowest BCUT2D eigenvalue weighted by atomic mass is 10.1. The van der Waals surface area contributed by atoms with Gasteiger partial charge in [-0.05, 0) is 56.0 Å². The SMILES string of the molecule is COc1ccc(OCCNCC2CCC(O)C2)cc1. The Morgan fingerprint density at radius 1 is 1.21 bits per heavy atom. The van der Waals surface area contributed by atoms with E-state index in [0.717, 1.165) is 43.9 Å². The van der Waals surface area contributed by atoms with Gasteiger partial charge in [0.15, 0.2) is 0 Å². The monoisotopic (exact) mass is 265 g/mol. The molecule has 0 saturated heterocycles. The number of hydrogen-bond donors (Lipinski definition) is 2. The van der Waals surface area contributed by atoms with E-state index in [1.807, 2.05) is 24.3 Å². The van der Waals surface area contributed by atoms with Crippen molar-refractivity contribution in [2.24, 2.45) is 5.92 Å². The Morgan fingerprint density at radius 2 is 1.95 bits per heavy atom. The molecule has 0 bridgehead atoms. The third kappa shape index (κ3) is 4.73. The Hall–Kier alpha value is -1.26. The van der Waals surface area contributed by atoms with Gasteiger partial charge in [-0.2, -0.15) is 0 Å². The third-order valence-electron chi connectivity index (χ3n) is 3.55. The van der Waals surface area contributed by atoms with E-state index < -0.39 is 0 Å². The molecule has 1 aliphatic carbocycles. The molecule has 4 nitrogen and oxygen atoms in total. The second-order valence-electron chi connectivity index (χ2n) is 5.06. The van der Waals surface area contributed by atoms with Crippen molar-refractivity contribution >= 4 is 0 Å². The molecule has 1 fully saturated rings. The first-order valence-electron chi connectivity index (χ1n) is 6.93. The summed E-state index contributed by atoms with van der Waals surface area (Å²) in [7, 11) is 1.65. The van der Waals surface area contributed by atoms with Crippen LogP contribution < -0.4 is 14.8 Å². The average molecular weight is 265 g/mol. The van der Waals surface area contributed by atoms with Gasteiger partial charge >= 0.3 is 0 Å². The molecule has 0 aliphatic heterocycles. The Labute approximate surface area is 114 Å². The summed E-state index contributed by atoms with van der Waals surface area (Å²) in [5.41, 5.74) is 0. The molecule has 2 unspecified atom stereocenters. The Morgan fingerprint density at radius 3 is 2.58 bits per heavy atom. The summed E-state index contributed by atoms with van der Waals surface area (Å²) in [6, 6.07) is 7.60. The van der Waals surface area contributed by atoms with Gasteiger partial charge in [0.25, 0.3) is 0 Å². The molecule has 0 amide bonds. The molecule has 0 radical (unpaired) electrons. The topological polar surface area (TPSA) is 50.7 Å². The fourth-order valence-electron chi connectivity index (χ4n) is 2.45. The zero-order valence-corrected chi connectivity index (χ0v) is 11.5. The van der Waals surface area contributed by atoms with Gasteiger partial charge in [0.1, 0.15) is 18.1 Å². The highest BCUT2D eigenvalue weighted by Crippen LogP contribution is 2.24. The number of benzene rings is 1. The predicted octanol–water partition coefficient (Wildman–Crippen LogP) is 1.82. The number of ether oxygens (including phenoxy) is 2. The highest BCUT2D eigenvalue weighted by molar-refractivity contribution is 5.31. The summed E-state index contributed by atoms with van der Waals surface area (Å²) < 4.78 is 10.7. The van der Waals surface area contributed by atoms with Gasteiger partial charge in [-0.15, -0.1) is 0 Å². The summed E-state index contributed by atoms with van der Waals surface area (Å²) in [5.74, 6) is 2.32. The molecule has 0 spiro atoms. The fraction of sp³-hybridized carbons (Fsp3) is 0.600. The van der Waals surface area contributed by atoms with E-state index in [4.69, 9.17) is 9.47 Å². The average Bonchev–Trinajstić information content (AvgIpc) is 2.85. The molecule has 2 rings (SSSR count). The summed E-state index contributed by atoms with van der Waals surface area (Å²) >= 11 is 0. The molecule has 106 valence electrons. The van der Waals surface area contributed by atoms with Crippen molar-refractivity contribution in [3.63, 3.8) is 0 Å². The number of nitrogens with one attached hydrogen (secondary N) is 1. The van der Waals surface area contributed by atoms with Crippen molar-refractivity contribution < 1.29 is 14.6 Å². The second kappa shape index (κ2) is 7.36. The highest BCUT2D eigenvalue weighted by Gasteiger charge is 2.21. The highest BCUT2D eigenvalue weighted by atomic mass is 16.5. The molecule has 1 aromatic rings. The smallest absolute Gasteiger partial charge is 0.119 e. The summed E-state index contributed by atoms with van der Waals surface area (Å²) in [5, 5.41) is 12.8. The van der Waals surface area contributed by atoms with Crippen LogP contribution in [0.1, 0.15) is 19.3 Å². The molecule has 0 heterocycles. The normalized spacial score (nSPS) is 22.4. The lowest BCUT2D eigenvalue weighted by Crippen LogP contribution is -2.26. The molecule has 0 aromatic heterocycles. The van der Waals surface area contributed by atoms with Crippen LogP contribution in [0.4, 0.5) is 0 Å². The van der Waals surface area contributed by atoms with E-state index in [2.05, 4.69) is 5.32 Å². The maximum Gasteiger partial charge on any atom is 0.119 e. The lowest BCUT2D eigenvalue weighted by molar-refractivity contribution is 0.177. The first-order valence-corrected chi connectivity index (χ1v) is 6.93. The van der Waals surface area contributed by atoms with E-state index >= 15 is 0 Å². The van der Waals surface area contributed by atoms with Gasteiger partial charge in [-0.3, -0.25) is 0 Å². The molecule has 1 saturated carbocycles. The molecular weight excluding hydrogens is 242 g/mol. The van der Waals surface area contributed by atoms with E-state index in [9.17, 15) is 5.11 Å². The van der Waals surface area contributed by atoms with Gasteiger partial charge in [0, 0.05) is 6.54 Å². The van der Waals surface area contributed by atoms with Gasteiger partial charge < -0.3 is 19.9 Å². The molecule has 1 aliphatic rings. The van der Waals surface area contributed by atoms with E-state index in [1.165, 1.54) is 0 Å². The van der Waals surface area contributed by atoms with Crippen molar-refractivity contribution in [2.75, 3.05) is 26.8 Å². The lowest BCUT2D eigenvalue weighted by Gasteiger charge is -2.11. The zero-order chi connectivity index (χ0) is 13.5. The van der Waals surface area contributed by atoms with Crippen molar-refractivity contribution in [3.05, 3.63) is 24.3 Å². The van der Waals surface area contributed by atoms with Gasteiger partial charge in [0.05, 0.1) is 13.2 Å². The molecule has 2 atom stereocenters. The first-order chi connectivity index (χ1) is 9.28. The maximum absolute atomic E-state index is 9.43. The van der Waals surface area contributed by atoms with E-state index in [-0.39, 0.29) is 6.10 Å². The molecule has 19 heavy (non-hydrogen) atoms. The fourth-order valence-corrected chi connectivity index (χ4v) is 2.45. The van der Waals surface area contributed by atoms with E-state index in [1.54, 1.807) is 7.11 Å². The van der Waals surface area contributed by atoms with Crippen LogP contribution in [-0.4, -0.2) is 38.0 Å². The zero-order valence-electron chi connectivity index (χ0n) is 11.5. The molecular formula is C15H23NO3. The van der Waals surface area contributed by atoms with Crippen LogP contribution in [0.5, 0.6) is 11.5 Å².